The van der Waals surface area contributed by atoms with Crippen molar-refractivity contribution in [2.24, 2.45) is 0 Å². The van der Waals surface area contributed by atoms with Gasteiger partial charge in [0.25, 0.3) is 5.69 Å². The van der Waals surface area contributed by atoms with E-state index in [2.05, 4.69) is 5.32 Å². The van der Waals surface area contributed by atoms with Gasteiger partial charge in [-0.2, -0.15) is 0 Å². The first kappa shape index (κ1) is 14.8. The Morgan fingerprint density at radius 3 is 2.79 bits per heavy atom. The highest BCUT2D eigenvalue weighted by Crippen LogP contribution is 2.27. The molecule has 0 amide bonds. The van der Waals surface area contributed by atoms with E-state index in [0.29, 0.717) is 19.3 Å². The van der Waals surface area contributed by atoms with E-state index in [-0.39, 0.29) is 12.2 Å². The number of carboxylic acid groups (broad SMARTS) is 1. The van der Waals surface area contributed by atoms with Gasteiger partial charge in [-0.05, 0) is 13.0 Å². The van der Waals surface area contributed by atoms with Crippen LogP contribution < -0.4 is 5.32 Å². The van der Waals surface area contributed by atoms with Crippen molar-refractivity contribution in [1.82, 2.24) is 0 Å². The van der Waals surface area contributed by atoms with Gasteiger partial charge in [0, 0.05) is 13.2 Å². The number of ether oxygens (including phenoxy) is 1. The van der Waals surface area contributed by atoms with Crippen molar-refractivity contribution in [1.29, 1.82) is 0 Å². The quantitative estimate of drug-likeness (QED) is 0.446. The Balaban J connectivity index is 3.01. The predicted molar refractivity (Wildman–Crippen MR) is 65.0 cm³/mol. The number of rotatable bonds is 7. The third-order valence-corrected chi connectivity index (χ3v) is 2.28. The topological polar surface area (TPSA) is 102 Å². The van der Waals surface area contributed by atoms with Gasteiger partial charge < -0.3 is 15.2 Å². The van der Waals surface area contributed by atoms with Gasteiger partial charge in [0.2, 0.25) is 0 Å². The molecule has 1 aromatic carbocycles. The first-order valence-corrected chi connectivity index (χ1v) is 5.50. The molecule has 0 atom stereocenters. The van der Waals surface area contributed by atoms with Gasteiger partial charge in [-0.1, -0.05) is 0 Å². The lowest BCUT2D eigenvalue weighted by Crippen LogP contribution is -2.12. The summed E-state index contributed by atoms with van der Waals surface area (Å²) in [4.78, 5) is 20.8. The van der Waals surface area contributed by atoms with E-state index in [1.165, 1.54) is 0 Å². The summed E-state index contributed by atoms with van der Waals surface area (Å²) in [5.74, 6) is -2.63. The number of nitrogens with zero attached hydrogens (tertiary/aromatic N) is 1. The minimum atomic E-state index is -1.49. The van der Waals surface area contributed by atoms with Gasteiger partial charge in [0.05, 0.1) is 23.2 Å². The van der Waals surface area contributed by atoms with Crippen molar-refractivity contribution in [3.8, 4) is 0 Å². The Morgan fingerprint density at radius 2 is 2.26 bits per heavy atom. The third kappa shape index (κ3) is 3.88. The Kier molecular flexibility index (Phi) is 5.19. The molecule has 0 radical (unpaired) electrons. The number of aromatic carboxylic acids is 1. The molecule has 2 N–H and O–H groups in total. The summed E-state index contributed by atoms with van der Waals surface area (Å²) in [6.07, 6.45) is 0. The zero-order valence-corrected chi connectivity index (χ0v) is 10.2. The number of nitro groups is 1. The zero-order valence-electron chi connectivity index (χ0n) is 10.2. The van der Waals surface area contributed by atoms with Crippen LogP contribution in [-0.2, 0) is 4.74 Å². The summed E-state index contributed by atoms with van der Waals surface area (Å²) in [6, 6.07) is 1.49. The summed E-state index contributed by atoms with van der Waals surface area (Å²) in [7, 11) is 0. The highest BCUT2D eigenvalue weighted by Gasteiger charge is 2.21. The van der Waals surface area contributed by atoms with Crippen LogP contribution in [0.1, 0.15) is 17.3 Å². The van der Waals surface area contributed by atoms with Crippen LogP contribution in [0, 0.1) is 15.9 Å². The molecule has 8 heteroatoms. The van der Waals surface area contributed by atoms with Crippen LogP contribution >= 0.6 is 0 Å². The first-order valence-electron chi connectivity index (χ1n) is 5.50. The third-order valence-electron chi connectivity index (χ3n) is 2.28. The second-order valence-corrected chi connectivity index (χ2v) is 3.54. The largest absolute Gasteiger partial charge is 0.478 e. The number of anilines is 1. The van der Waals surface area contributed by atoms with Gasteiger partial charge >= 0.3 is 5.97 Å². The fourth-order valence-electron chi connectivity index (χ4n) is 1.42. The van der Waals surface area contributed by atoms with E-state index >= 15 is 0 Å². The molecule has 0 aliphatic rings. The average Bonchev–Trinajstić information content (AvgIpc) is 2.35. The minimum Gasteiger partial charge on any atom is -0.478 e. The number of nitrogens with one attached hydrogen (secondary N) is 1. The van der Waals surface area contributed by atoms with Crippen LogP contribution in [0.25, 0.3) is 0 Å². The molecule has 0 unspecified atom stereocenters. The number of carbonyl (C=O) groups is 1. The molecular formula is C11H13FN2O5. The van der Waals surface area contributed by atoms with Gasteiger partial charge in [-0.25, -0.2) is 9.18 Å². The number of halogens is 1. The van der Waals surface area contributed by atoms with Gasteiger partial charge in [-0.3, -0.25) is 10.1 Å². The van der Waals surface area contributed by atoms with Crippen LogP contribution in [0.2, 0.25) is 0 Å². The molecule has 0 aliphatic carbocycles. The van der Waals surface area contributed by atoms with Crippen molar-refractivity contribution in [2.75, 3.05) is 25.1 Å². The van der Waals surface area contributed by atoms with Crippen LogP contribution in [-0.4, -0.2) is 35.8 Å². The first-order chi connectivity index (χ1) is 8.97. The summed E-state index contributed by atoms with van der Waals surface area (Å²) in [5.41, 5.74) is -1.19. The molecule has 0 bridgehead atoms. The molecule has 0 aromatic heterocycles. The summed E-state index contributed by atoms with van der Waals surface area (Å²) >= 11 is 0. The van der Waals surface area contributed by atoms with Crippen molar-refractivity contribution in [3.05, 3.63) is 33.6 Å². The summed E-state index contributed by atoms with van der Waals surface area (Å²) < 4.78 is 18.4. The fourth-order valence-corrected chi connectivity index (χ4v) is 1.42. The lowest BCUT2D eigenvalue weighted by atomic mass is 10.1. The predicted octanol–water partition coefficient (Wildman–Crippen LogP) is 1.88. The lowest BCUT2D eigenvalue weighted by molar-refractivity contribution is -0.384. The second kappa shape index (κ2) is 6.64. The molecule has 1 aromatic rings. The van der Waals surface area contributed by atoms with Crippen molar-refractivity contribution in [3.63, 3.8) is 0 Å². The smallest absolute Gasteiger partial charge is 0.338 e. The van der Waals surface area contributed by atoms with E-state index in [1.807, 2.05) is 0 Å². The van der Waals surface area contributed by atoms with Gasteiger partial charge in [0.15, 0.2) is 0 Å². The zero-order chi connectivity index (χ0) is 14.4. The van der Waals surface area contributed by atoms with Crippen LogP contribution in [0.15, 0.2) is 12.1 Å². The van der Waals surface area contributed by atoms with Crippen molar-refractivity contribution < 1.29 is 24.0 Å². The van der Waals surface area contributed by atoms with E-state index in [0.717, 1.165) is 6.07 Å². The minimum absolute atomic E-state index is 0.0523. The van der Waals surface area contributed by atoms with Crippen molar-refractivity contribution >= 4 is 17.3 Å². The SMILES string of the molecule is CCOCCNc1cc(C(=O)O)c(F)cc1[N+](=O)[O-]. The monoisotopic (exact) mass is 272 g/mol. The number of hydrogen-bond acceptors (Lipinski definition) is 5. The highest BCUT2D eigenvalue weighted by molar-refractivity contribution is 5.90. The Morgan fingerprint density at radius 1 is 1.58 bits per heavy atom. The van der Waals surface area contributed by atoms with Crippen LogP contribution in [0.3, 0.4) is 0 Å². The molecule has 1 rings (SSSR count). The molecule has 7 nitrogen and oxygen atoms in total. The second-order valence-electron chi connectivity index (χ2n) is 3.54. The van der Waals surface area contributed by atoms with E-state index in [1.54, 1.807) is 6.92 Å². The maximum Gasteiger partial charge on any atom is 0.338 e. The van der Waals surface area contributed by atoms with Crippen molar-refractivity contribution in [2.45, 2.75) is 6.92 Å². The standard InChI is InChI=1S/C11H13FN2O5/c1-2-19-4-3-13-9-5-7(11(15)16)8(12)6-10(9)14(17)18/h5-6,13H,2-4H2,1H3,(H,15,16). The van der Waals surface area contributed by atoms with Crippen LogP contribution in [0.5, 0.6) is 0 Å². The Bertz CT molecular complexity index is 492. The number of benzene rings is 1. The number of carboxylic acids is 1. The lowest BCUT2D eigenvalue weighted by Gasteiger charge is -2.08. The summed E-state index contributed by atoms with van der Waals surface area (Å²) in [6.45, 7) is 2.84. The number of nitro benzene ring substituents is 1. The molecule has 0 saturated heterocycles. The molecule has 19 heavy (non-hydrogen) atoms. The van der Waals surface area contributed by atoms with E-state index < -0.39 is 28.0 Å². The highest BCUT2D eigenvalue weighted by atomic mass is 19.1. The van der Waals surface area contributed by atoms with E-state index in [9.17, 15) is 19.3 Å². The molecule has 0 spiro atoms. The molecule has 104 valence electrons. The molecular weight excluding hydrogens is 259 g/mol. The van der Waals surface area contributed by atoms with E-state index in [4.69, 9.17) is 9.84 Å². The molecule has 0 heterocycles. The summed E-state index contributed by atoms with van der Waals surface area (Å²) in [5, 5.41) is 22.2. The Hall–Kier alpha value is -2.22. The molecule has 0 fully saturated rings. The molecule has 0 saturated carbocycles. The average molecular weight is 272 g/mol. The Labute approximate surface area is 108 Å². The maximum absolute atomic E-state index is 13.3. The van der Waals surface area contributed by atoms with Gasteiger partial charge in [-0.15, -0.1) is 0 Å². The maximum atomic E-state index is 13.3. The normalized spacial score (nSPS) is 10.2. The van der Waals surface area contributed by atoms with Gasteiger partial charge in [0.1, 0.15) is 11.5 Å². The molecule has 0 aliphatic heterocycles. The number of hydrogen-bond donors (Lipinski definition) is 2. The fraction of sp³-hybridized carbons (Fsp3) is 0.364. The van der Waals surface area contributed by atoms with Crippen LogP contribution in [0.4, 0.5) is 15.8 Å².